The Hall–Kier alpha value is -1.64. The van der Waals surface area contributed by atoms with Crippen LogP contribution in [-0.2, 0) is 47.2 Å². The monoisotopic (exact) mass is 470 g/mol. The fourth-order valence-electron chi connectivity index (χ4n) is 2.51. The number of rotatable bonds is 8. The summed E-state index contributed by atoms with van der Waals surface area (Å²) in [5.74, 6) is 0. The molecule has 164 valence electrons. The third-order valence-electron chi connectivity index (χ3n) is 3.94. The SMILES string of the molecule is [Fe].[Fe].c1cc[c-](CNCCCNC[c-]2[cH-][cH-][cH-][cH-]2)c1.c1cc[cH-]c1.c1cc[cH-]c1. The molecule has 0 spiro atoms. The van der Waals surface area contributed by atoms with Crippen LogP contribution in [0.25, 0.3) is 0 Å². The summed E-state index contributed by atoms with van der Waals surface area (Å²) in [6.45, 7) is 4.10. The molecular formula is C25H30Fe2N2-8. The molecule has 0 saturated heterocycles. The van der Waals surface area contributed by atoms with Gasteiger partial charge in [-0.05, 0) is 26.1 Å². The second kappa shape index (κ2) is 19.7. The standard InChI is InChI=1S/C15H20N2.2C5H5.2Fe/c1-2-7-14(6-1)12-16-10-5-11-17-13-15-8-3-4-9-15;2*1-2-4-5-3-1;;/h1-4,6-9,16-17H,5,10-13H2;2*1-5H;;/q-6;2*-1;;. The van der Waals surface area contributed by atoms with Crippen LogP contribution in [0.15, 0.2) is 109 Å². The molecule has 0 heterocycles. The summed E-state index contributed by atoms with van der Waals surface area (Å²) in [5.41, 5.74) is 2.74. The predicted octanol–water partition coefficient (Wildman–Crippen LogP) is 5.20. The molecule has 0 aromatic heterocycles. The maximum Gasteiger partial charge on any atom is 0 e. The van der Waals surface area contributed by atoms with E-state index < -0.39 is 0 Å². The topological polar surface area (TPSA) is 24.1 Å². The molecule has 0 unspecified atom stereocenters. The average molecular weight is 470 g/mol. The maximum atomic E-state index is 3.44. The van der Waals surface area contributed by atoms with Gasteiger partial charge in [0.1, 0.15) is 0 Å². The van der Waals surface area contributed by atoms with Crippen molar-refractivity contribution in [3.8, 4) is 0 Å². The van der Waals surface area contributed by atoms with Crippen LogP contribution in [0.4, 0.5) is 0 Å². The van der Waals surface area contributed by atoms with E-state index in [9.17, 15) is 0 Å². The van der Waals surface area contributed by atoms with E-state index in [4.69, 9.17) is 0 Å². The van der Waals surface area contributed by atoms with Gasteiger partial charge >= 0.3 is 0 Å². The maximum absolute atomic E-state index is 3.44. The molecule has 0 aliphatic heterocycles. The molecule has 4 heteroatoms. The molecule has 0 amide bonds. The van der Waals surface area contributed by atoms with E-state index in [-0.39, 0.29) is 34.1 Å². The van der Waals surface area contributed by atoms with Crippen LogP contribution in [0, 0.1) is 0 Å². The minimum absolute atomic E-state index is 0. The van der Waals surface area contributed by atoms with Gasteiger partial charge in [0.05, 0.1) is 0 Å². The van der Waals surface area contributed by atoms with E-state index in [0.29, 0.717) is 0 Å². The van der Waals surface area contributed by atoms with E-state index >= 15 is 0 Å². The van der Waals surface area contributed by atoms with Crippen LogP contribution < -0.4 is 10.6 Å². The number of hydrogen-bond donors (Lipinski definition) is 2. The van der Waals surface area contributed by atoms with Crippen LogP contribution in [-0.4, -0.2) is 13.1 Å². The zero-order chi connectivity index (χ0) is 18.8. The summed E-state index contributed by atoms with van der Waals surface area (Å²) >= 11 is 0. The Morgan fingerprint density at radius 2 is 1.10 bits per heavy atom. The molecule has 0 bridgehead atoms. The van der Waals surface area contributed by atoms with Crippen molar-refractivity contribution in [3.05, 3.63) is 120 Å². The molecule has 0 radical (unpaired) electrons. The Bertz CT molecular complexity index is 613. The molecule has 29 heavy (non-hydrogen) atoms. The molecule has 4 aromatic carbocycles. The minimum Gasteiger partial charge on any atom is -0.748 e. The van der Waals surface area contributed by atoms with Crippen molar-refractivity contribution in [1.29, 1.82) is 0 Å². The summed E-state index contributed by atoms with van der Waals surface area (Å²) in [5, 5.41) is 6.88. The van der Waals surface area contributed by atoms with Gasteiger partial charge in [-0.25, -0.2) is 36.4 Å². The van der Waals surface area contributed by atoms with Gasteiger partial charge in [0.25, 0.3) is 0 Å². The van der Waals surface area contributed by atoms with E-state index in [1.54, 1.807) is 0 Å². The first-order valence-corrected chi connectivity index (χ1v) is 9.61. The first-order chi connectivity index (χ1) is 13.4. The van der Waals surface area contributed by atoms with Crippen LogP contribution in [0.3, 0.4) is 0 Å². The third-order valence-corrected chi connectivity index (χ3v) is 3.94. The third kappa shape index (κ3) is 14.9. The molecule has 0 atom stereocenters. The van der Waals surface area contributed by atoms with E-state index in [1.807, 2.05) is 60.7 Å². The molecule has 0 aliphatic rings. The van der Waals surface area contributed by atoms with E-state index in [1.165, 1.54) is 17.5 Å². The molecule has 2 N–H and O–H groups in total. The number of nitrogens with one attached hydrogen (secondary N) is 2. The molecule has 0 fully saturated rings. The van der Waals surface area contributed by atoms with Crippen molar-refractivity contribution in [2.24, 2.45) is 0 Å². The van der Waals surface area contributed by atoms with Crippen LogP contribution in [0.1, 0.15) is 17.5 Å². The van der Waals surface area contributed by atoms with Crippen molar-refractivity contribution in [2.75, 3.05) is 13.1 Å². The normalized spacial score (nSPS) is 9.10. The molecule has 2 nitrogen and oxygen atoms in total. The second-order valence-corrected chi connectivity index (χ2v) is 6.22. The van der Waals surface area contributed by atoms with Crippen LogP contribution >= 0.6 is 0 Å². The Labute approximate surface area is 197 Å². The zero-order valence-corrected chi connectivity index (χ0v) is 18.8. The summed E-state index contributed by atoms with van der Waals surface area (Å²) < 4.78 is 0. The van der Waals surface area contributed by atoms with E-state index in [2.05, 4.69) is 59.2 Å². The van der Waals surface area contributed by atoms with Gasteiger partial charge in [0, 0.05) is 34.1 Å². The molecule has 0 aliphatic carbocycles. The summed E-state index contributed by atoms with van der Waals surface area (Å²) in [6.07, 6.45) is 1.17. The Kier molecular flexibility index (Phi) is 18.6. The van der Waals surface area contributed by atoms with Gasteiger partial charge in [-0.15, -0.1) is 5.56 Å². The summed E-state index contributed by atoms with van der Waals surface area (Å²) in [6, 6.07) is 36.9. The average Bonchev–Trinajstić information content (AvgIpc) is 3.52. The van der Waals surface area contributed by atoms with Gasteiger partial charge in [-0.3, -0.25) is 0 Å². The van der Waals surface area contributed by atoms with Gasteiger partial charge in [0.2, 0.25) is 0 Å². The first kappa shape index (κ1) is 27.4. The fraction of sp³-hybridized carbons (Fsp3) is 0.200. The van der Waals surface area contributed by atoms with Crippen molar-refractivity contribution < 1.29 is 34.1 Å². The largest absolute Gasteiger partial charge is 0.748 e. The second-order valence-electron chi connectivity index (χ2n) is 6.22. The molecule has 4 aromatic rings. The van der Waals surface area contributed by atoms with Crippen molar-refractivity contribution in [2.45, 2.75) is 19.5 Å². The predicted molar refractivity (Wildman–Crippen MR) is 116 cm³/mol. The first-order valence-electron chi connectivity index (χ1n) is 9.61. The fourth-order valence-corrected chi connectivity index (χ4v) is 2.51. The molecule has 0 saturated carbocycles. The van der Waals surface area contributed by atoms with Crippen LogP contribution in [0.5, 0.6) is 0 Å². The van der Waals surface area contributed by atoms with Gasteiger partial charge in [-0.1, -0.05) is 0 Å². The molecular weight excluding hydrogens is 440 g/mol. The number of hydrogen-bond acceptors (Lipinski definition) is 2. The zero-order valence-electron chi connectivity index (χ0n) is 16.6. The van der Waals surface area contributed by atoms with Gasteiger partial charge < -0.3 is 40.5 Å². The van der Waals surface area contributed by atoms with Gasteiger partial charge in [-0.2, -0.15) is 55.1 Å². The van der Waals surface area contributed by atoms with Crippen molar-refractivity contribution >= 4 is 0 Å². The van der Waals surface area contributed by atoms with E-state index in [0.717, 1.165) is 26.2 Å². The Morgan fingerprint density at radius 3 is 1.55 bits per heavy atom. The Balaban J connectivity index is 0.000000537. The molecule has 4 rings (SSSR count). The summed E-state index contributed by atoms with van der Waals surface area (Å²) in [7, 11) is 0. The van der Waals surface area contributed by atoms with Crippen LogP contribution in [0.2, 0.25) is 0 Å². The summed E-state index contributed by atoms with van der Waals surface area (Å²) in [4.78, 5) is 0. The quantitative estimate of drug-likeness (QED) is 0.210. The smallest absolute Gasteiger partial charge is 0 e. The van der Waals surface area contributed by atoms with Crippen molar-refractivity contribution in [3.63, 3.8) is 0 Å². The minimum atomic E-state index is 0. The van der Waals surface area contributed by atoms with Gasteiger partial charge in [0.15, 0.2) is 0 Å². The Morgan fingerprint density at radius 1 is 0.621 bits per heavy atom. The van der Waals surface area contributed by atoms with Crippen molar-refractivity contribution in [1.82, 2.24) is 10.6 Å².